The molecule has 1 aliphatic rings. The molecule has 0 saturated heterocycles. The fourth-order valence-corrected chi connectivity index (χ4v) is 3.43. The summed E-state index contributed by atoms with van der Waals surface area (Å²) < 4.78 is 29.1. The SMILES string of the molecule is Fc1cc2ncnc(N3CCc4ncc(-n5cccn5)cc4C3)c2cc1F. The van der Waals surface area contributed by atoms with Gasteiger partial charge in [0, 0.05) is 49.1 Å². The van der Waals surface area contributed by atoms with Crippen LogP contribution in [0.3, 0.4) is 0 Å². The van der Waals surface area contributed by atoms with E-state index in [-0.39, 0.29) is 0 Å². The molecule has 134 valence electrons. The second-order valence-electron chi connectivity index (χ2n) is 6.40. The molecule has 0 amide bonds. The van der Waals surface area contributed by atoms with Crippen LogP contribution in [0, 0.1) is 11.6 Å². The maximum atomic E-state index is 13.8. The summed E-state index contributed by atoms with van der Waals surface area (Å²) in [6, 6.07) is 6.16. The van der Waals surface area contributed by atoms with Crippen LogP contribution in [0.25, 0.3) is 16.6 Å². The van der Waals surface area contributed by atoms with E-state index in [2.05, 4.69) is 20.1 Å². The van der Waals surface area contributed by atoms with Crippen molar-refractivity contribution >= 4 is 16.7 Å². The lowest BCUT2D eigenvalue weighted by molar-refractivity contribution is 0.510. The molecule has 0 bridgehead atoms. The van der Waals surface area contributed by atoms with Gasteiger partial charge in [-0.2, -0.15) is 5.10 Å². The first-order chi connectivity index (χ1) is 13.2. The zero-order valence-corrected chi connectivity index (χ0v) is 14.2. The molecule has 0 fully saturated rings. The zero-order chi connectivity index (χ0) is 18.4. The van der Waals surface area contributed by atoms with Gasteiger partial charge in [0.2, 0.25) is 0 Å². The van der Waals surface area contributed by atoms with Gasteiger partial charge >= 0.3 is 0 Å². The molecule has 0 radical (unpaired) electrons. The predicted octanol–water partition coefficient (Wildman–Crippen LogP) is 3.05. The Labute approximate surface area is 153 Å². The number of aromatic nitrogens is 5. The van der Waals surface area contributed by atoms with E-state index in [0.29, 0.717) is 29.8 Å². The average molecular weight is 364 g/mol. The molecule has 0 saturated carbocycles. The summed E-state index contributed by atoms with van der Waals surface area (Å²) in [6.07, 6.45) is 7.50. The van der Waals surface area contributed by atoms with E-state index in [0.717, 1.165) is 35.5 Å². The molecule has 4 aromatic rings. The second-order valence-corrected chi connectivity index (χ2v) is 6.40. The number of rotatable bonds is 2. The number of pyridine rings is 1. The standard InChI is InChI=1S/C19H14F2N6/c20-15-7-14-18(8-16(15)21)23-11-24-19(14)26-5-2-17-12(10-26)6-13(9-22-17)27-4-1-3-25-27/h1,3-4,6-9,11H,2,5,10H2. The Kier molecular flexibility index (Phi) is 3.56. The summed E-state index contributed by atoms with van der Waals surface area (Å²) in [7, 11) is 0. The number of hydrogen-bond donors (Lipinski definition) is 0. The van der Waals surface area contributed by atoms with E-state index in [4.69, 9.17) is 0 Å². The summed E-state index contributed by atoms with van der Waals surface area (Å²) in [4.78, 5) is 15.0. The van der Waals surface area contributed by atoms with Crippen molar-refractivity contribution < 1.29 is 8.78 Å². The van der Waals surface area contributed by atoms with Gasteiger partial charge in [0.1, 0.15) is 12.1 Å². The van der Waals surface area contributed by atoms with Crippen LogP contribution in [0.1, 0.15) is 11.3 Å². The maximum Gasteiger partial charge on any atom is 0.161 e. The largest absolute Gasteiger partial charge is 0.351 e. The van der Waals surface area contributed by atoms with E-state index in [1.165, 1.54) is 6.33 Å². The van der Waals surface area contributed by atoms with Gasteiger partial charge in [-0.25, -0.2) is 23.4 Å². The predicted molar refractivity (Wildman–Crippen MR) is 95.6 cm³/mol. The molecule has 0 N–H and O–H groups in total. The minimum absolute atomic E-state index is 0.383. The number of hydrogen-bond acceptors (Lipinski definition) is 5. The highest BCUT2D eigenvalue weighted by atomic mass is 19.2. The summed E-state index contributed by atoms with van der Waals surface area (Å²) in [5.41, 5.74) is 3.34. The van der Waals surface area contributed by atoms with Crippen LogP contribution in [-0.4, -0.2) is 31.3 Å². The normalized spacial score (nSPS) is 13.8. The van der Waals surface area contributed by atoms with Gasteiger partial charge in [-0.3, -0.25) is 4.98 Å². The molecule has 0 unspecified atom stereocenters. The van der Waals surface area contributed by atoms with Gasteiger partial charge in [-0.1, -0.05) is 0 Å². The van der Waals surface area contributed by atoms with Crippen molar-refractivity contribution in [3.63, 3.8) is 0 Å². The quantitative estimate of drug-likeness (QED) is 0.547. The summed E-state index contributed by atoms with van der Waals surface area (Å²) >= 11 is 0. The van der Waals surface area contributed by atoms with Crippen LogP contribution < -0.4 is 4.90 Å². The van der Waals surface area contributed by atoms with E-state index in [1.807, 2.05) is 23.2 Å². The molecule has 0 spiro atoms. The van der Waals surface area contributed by atoms with Crippen LogP contribution in [0.2, 0.25) is 0 Å². The van der Waals surface area contributed by atoms with Crippen LogP contribution in [0.15, 0.2) is 49.2 Å². The number of fused-ring (bicyclic) bond motifs is 2. The first-order valence-corrected chi connectivity index (χ1v) is 8.51. The summed E-state index contributed by atoms with van der Waals surface area (Å²) in [5.74, 6) is -1.23. The molecule has 0 aliphatic carbocycles. The Balaban J connectivity index is 1.55. The lowest BCUT2D eigenvalue weighted by Crippen LogP contribution is -2.32. The smallest absolute Gasteiger partial charge is 0.161 e. The van der Waals surface area contributed by atoms with Crippen LogP contribution in [-0.2, 0) is 13.0 Å². The van der Waals surface area contributed by atoms with Gasteiger partial charge in [0.15, 0.2) is 11.6 Å². The molecular weight excluding hydrogens is 350 g/mol. The summed E-state index contributed by atoms with van der Waals surface area (Å²) in [6.45, 7) is 1.26. The van der Waals surface area contributed by atoms with Crippen molar-refractivity contribution in [2.75, 3.05) is 11.4 Å². The topological polar surface area (TPSA) is 59.7 Å². The molecular formula is C19H14F2N6. The van der Waals surface area contributed by atoms with Crippen molar-refractivity contribution in [1.29, 1.82) is 0 Å². The fourth-order valence-electron chi connectivity index (χ4n) is 3.43. The summed E-state index contributed by atoms with van der Waals surface area (Å²) in [5, 5.41) is 4.73. The van der Waals surface area contributed by atoms with E-state index < -0.39 is 11.6 Å². The van der Waals surface area contributed by atoms with Gasteiger partial charge in [-0.15, -0.1) is 0 Å². The zero-order valence-electron chi connectivity index (χ0n) is 14.2. The molecule has 6 nitrogen and oxygen atoms in total. The van der Waals surface area contributed by atoms with Gasteiger partial charge < -0.3 is 4.90 Å². The Morgan fingerprint density at radius 3 is 2.74 bits per heavy atom. The van der Waals surface area contributed by atoms with Crippen molar-refractivity contribution in [3.05, 3.63) is 72.1 Å². The Bertz CT molecular complexity index is 1140. The number of halogens is 2. The van der Waals surface area contributed by atoms with E-state index in [1.54, 1.807) is 17.1 Å². The fraction of sp³-hybridized carbons (Fsp3) is 0.158. The van der Waals surface area contributed by atoms with E-state index in [9.17, 15) is 8.78 Å². The molecule has 5 rings (SSSR count). The highest BCUT2D eigenvalue weighted by Crippen LogP contribution is 2.29. The van der Waals surface area contributed by atoms with Gasteiger partial charge in [0.25, 0.3) is 0 Å². The third-order valence-corrected chi connectivity index (χ3v) is 4.75. The Hall–Kier alpha value is -3.42. The minimum atomic E-state index is -0.913. The number of benzene rings is 1. The third-order valence-electron chi connectivity index (χ3n) is 4.75. The third kappa shape index (κ3) is 2.69. The van der Waals surface area contributed by atoms with Crippen LogP contribution in [0.4, 0.5) is 14.6 Å². The first-order valence-electron chi connectivity index (χ1n) is 8.51. The lowest BCUT2D eigenvalue weighted by atomic mass is 10.0. The molecule has 3 aromatic heterocycles. The average Bonchev–Trinajstić information content (AvgIpc) is 3.22. The van der Waals surface area contributed by atoms with Crippen LogP contribution in [0.5, 0.6) is 0 Å². The molecule has 8 heteroatoms. The molecule has 1 aromatic carbocycles. The molecule has 27 heavy (non-hydrogen) atoms. The Morgan fingerprint density at radius 2 is 1.89 bits per heavy atom. The van der Waals surface area contributed by atoms with Crippen molar-refractivity contribution in [3.8, 4) is 5.69 Å². The second kappa shape index (κ2) is 6.08. The first kappa shape index (κ1) is 15.8. The van der Waals surface area contributed by atoms with Crippen molar-refractivity contribution in [2.45, 2.75) is 13.0 Å². The monoisotopic (exact) mass is 364 g/mol. The maximum absolute atomic E-state index is 13.8. The van der Waals surface area contributed by atoms with E-state index >= 15 is 0 Å². The van der Waals surface area contributed by atoms with Gasteiger partial charge in [0.05, 0.1) is 17.4 Å². The molecule has 4 heterocycles. The highest BCUT2D eigenvalue weighted by molar-refractivity contribution is 5.89. The van der Waals surface area contributed by atoms with Crippen LogP contribution >= 0.6 is 0 Å². The van der Waals surface area contributed by atoms with Crippen molar-refractivity contribution in [2.24, 2.45) is 0 Å². The highest BCUT2D eigenvalue weighted by Gasteiger charge is 2.22. The molecule has 1 aliphatic heterocycles. The Morgan fingerprint density at radius 1 is 1.00 bits per heavy atom. The molecule has 0 atom stereocenters. The van der Waals surface area contributed by atoms with Crippen molar-refractivity contribution in [1.82, 2.24) is 24.7 Å². The number of nitrogens with zero attached hydrogens (tertiary/aromatic N) is 6. The lowest BCUT2D eigenvalue weighted by Gasteiger charge is -2.30. The number of anilines is 1. The van der Waals surface area contributed by atoms with Gasteiger partial charge in [-0.05, 0) is 23.8 Å². The minimum Gasteiger partial charge on any atom is -0.351 e.